The van der Waals surface area contributed by atoms with Gasteiger partial charge in [0.15, 0.2) is 0 Å². The predicted molar refractivity (Wildman–Crippen MR) is 68.4 cm³/mol. The molecule has 1 unspecified atom stereocenters. The van der Waals surface area contributed by atoms with Crippen LogP contribution in [-0.4, -0.2) is 36.1 Å². The minimum Gasteiger partial charge on any atom is -0.332 e. The highest BCUT2D eigenvalue weighted by molar-refractivity contribution is 5.75. The topological polar surface area (TPSA) is 58.4 Å². The van der Waals surface area contributed by atoms with E-state index in [9.17, 15) is 4.79 Å². The van der Waals surface area contributed by atoms with Gasteiger partial charge in [-0.2, -0.15) is 0 Å². The lowest BCUT2D eigenvalue weighted by Gasteiger charge is -2.33. The molecular formula is C12H27N3O. The smallest absolute Gasteiger partial charge is 0.317 e. The number of rotatable bonds is 6. The van der Waals surface area contributed by atoms with E-state index in [0.29, 0.717) is 12.5 Å². The van der Waals surface area contributed by atoms with Gasteiger partial charge in [-0.1, -0.05) is 13.8 Å². The number of nitrogens with one attached hydrogen (secondary N) is 1. The van der Waals surface area contributed by atoms with Crippen LogP contribution in [0, 0.1) is 5.92 Å². The number of amides is 2. The molecule has 0 aromatic carbocycles. The van der Waals surface area contributed by atoms with Gasteiger partial charge in [-0.15, -0.1) is 0 Å². The molecule has 0 radical (unpaired) electrons. The van der Waals surface area contributed by atoms with Gasteiger partial charge >= 0.3 is 6.03 Å². The highest BCUT2D eigenvalue weighted by Gasteiger charge is 2.27. The highest BCUT2D eigenvalue weighted by Crippen LogP contribution is 2.15. The third-order valence-corrected chi connectivity index (χ3v) is 2.77. The van der Waals surface area contributed by atoms with E-state index in [1.54, 1.807) is 4.90 Å². The van der Waals surface area contributed by atoms with Crippen molar-refractivity contribution in [2.75, 3.05) is 19.6 Å². The summed E-state index contributed by atoms with van der Waals surface area (Å²) in [7, 11) is 0. The van der Waals surface area contributed by atoms with E-state index in [2.05, 4.69) is 19.2 Å². The summed E-state index contributed by atoms with van der Waals surface area (Å²) >= 11 is 0. The normalized spacial score (nSPS) is 14.7. The summed E-state index contributed by atoms with van der Waals surface area (Å²) in [6.45, 7) is 12.2. The number of hydrogen-bond acceptors (Lipinski definition) is 2. The molecule has 0 aliphatic rings. The summed E-state index contributed by atoms with van der Waals surface area (Å²) in [4.78, 5) is 13.7. The van der Waals surface area contributed by atoms with Crippen molar-refractivity contribution < 1.29 is 4.79 Å². The minimum atomic E-state index is -0.298. The van der Waals surface area contributed by atoms with Crippen LogP contribution in [0.4, 0.5) is 4.79 Å². The fourth-order valence-electron chi connectivity index (χ4n) is 1.93. The number of carbonyl (C=O) groups excluding carboxylic acids is 1. The van der Waals surface area contributed by atoms with Crippen LogP contribution < -0.4 is 11.1 Å². The fraction of sp³-hybridized carbons (Fsp3) is 0.917. The van der Waals surface area contributed by atoms with Gasteiger partial charge in [0, 0.05) is 19.6 Å². The van der Waals surface area contributed by atoms with E-state index < -0.39 is 0 Å². The van der Waals surface area contributed by atoms with Crippen LogP contribution in [0.5, 0.6) is 0 Å². The van der Waals surface area contributed by atoms with Crippen LogP contribution in [0.15, 0.2) is 0 Å². The minimum absolute atomic E-state index is 0.0152. The molecule has 0 rings (SSSR count). The Morgan fingerprint density at radius 3 is 2.19 bits per heavy atom. The van der Waals surface area contributed by atoms with E-state index >= 15 is 0 Å². The Morgan fingerprint density at radius 2 is 1.88 bits per heavy atom. The highest BCUT2D eigenvalue weighted by atomic mass is 16.2. The lowest BCUT2D eigenvalue weighted by Crippen LogP contribution is -2.55. The monoisotopic (exact) mass is 229 g/mol. The molecule has 4 heteroatoms. The summed E-state index contributed by atoms with van der Waals surface area (Å²) < 4.78 is 0. The van der Waals surface area contributed by atoms with Crippen molar-refractivity contribution in [2.45, 2.75) is 46.6 Å². The zero-order valence-corrected chi connectivity index (χ0v) is 11.3. The molecule has 0 aromatic rings. The average molecular weight is 229 g/mol. The molecule has 0 saturated heterocycles. The second kappa shape index (κ2) is 6.74. The molecule has 0 fully saturated rings. The first-order valence-corrected chi connectivity index (χ1v) is 6.15. The van der Waals surface area contributed by atoms with Crippen LogP contribution in [0.3, 0.4) is 0 Å². The Bertz CT molecular complexity index is 214. The van der Waals surface area contributed by atoms with Crippen molar-refractivity contribution in [3.05, 3.63) is 0 Å². The second-order valence-electron chi connectivity index (χ2n) is 4.97. The number of hydrogen-bond donors (Lipinski definition) is 2. The van der Waals surface area contributed by atoms with Gasteiger partial charge in [0.25, 0.3) is 0 Å². The lowest BCUT2D eigenvalue weighted by molar-refractivity contribution is 0.185. The molecule has 0 aliphatic heterocycles. The van der Waals surface area contributed by atoms with Crippen molar-refractivity contribution >= 4 is 6.03 Å². The molecular weight excluding hydrogens is 202 g/mol. The van der Waals surface area contributed by atoms with E-state index in [-0.39, 0.29) is 11.6 Å². The van der Waals surface area contributed by atoms with Gasteiger partial charge in [0.1, 0.15) is 0 Å². The third kappa shape index (κ3) is 4.84. The van der Waals surface area contributed by atoms with Crippen molar-refractivity contribution in [1.29, 1.82) is 0 Å². The van der Waals surface area contributed by atoms with Gasteiger partial charge in [-0.25, -0.2) is 4.79 Å². The number of nitrogens with zero attached hydrogens (tertiary/aromatic N) is 1. The van der Waals surface area contributed by atoms with Crippen molar-refractivity contribution in [2.24, 2.45) is 11.7 Å². The van der Waals surface area contributed by atoms with Crippen LogP contribution in [0.25, 0.3) is 0 Å². The first-order chi connectivity index (χ1) is 7.38. The first kappa shape index (κ1) is 15.2. The van der Waals surface area contributed by atoms with E-state index in [1.165, 1.54) is 0 Å². The number of nitrogens with two attached hydrogens (primary N) is 1. The van der Waals surface area contributed by atoms with Crippen LogP contribution in [0.2, 0.25) is 0 Å². The van der Waals surface area contributed by atoms with E-state index in [0.717, 1.165) is 19.5 Å². The average Bonchev–Trinajstić information content (AvgIpc) is 2.18. The summed E-state index contributed by atoms with van der Waals surface area (Å²) in [5.41, 5.74) is 5.46. The van der Waals surface area contributed by atoms with Gasteiger partial charge < -0.3 is 16.0 Å². The molecule has 16 heavy (non-hydrogen) atoms. The first-order valence-electron chi connectivity index (χ1n) is 6.15. The Labute approximate surface area is 99.6 Å². The molecule has 0 aromatic heterocycles. The molecule has 1 atom stereocenters. The summed E-state index contributed by atoms with van der Waals surface area (Å²) in [6, 6.07) is -0.0152. The zero-order chi connectivity index (χ0) is 12.8. The quantitative estimate of drug-likeness (QED) is 0.729. The maximum Gasteiger partial charge on any atom is 0.317 e. The second-order valence-corrected chi connectivity index (χ2v) is 4.97. The molecule has 2 amide bonds. The number of urea groups is 1. The lowest BCUT2D eigenvalue weighted by atomic mass is 9.91. The van der Waals surface area contributed by atoms with Crippen molar-refractivity contribution in [3.63, 3.8) is 0 Å². The number of carbonyl (C=O) groups is 1. The van der Waals surface area contributed by atoms with Gasteiger partial charge in [-0.3, -0.25) is 0 Å². The van der Waals surface area contributed by atoms with Gasteiger partial charge in [0.2, 0.25) is 0 Å². The van der Waals surface area contributed by atoms with Crippen LogP contribution >= 0.6 is 0 Å². The largest absolute Gasteiger partial charge is 0.332 e. The maximum absolute atomic E-state index is 11.9. The zero-order valence-electron chi connectivity index (χ0n) is 11.3. The van der Waals surface area contributed by atoms with Gasteiger partial charge in [-0.05, 0) is 33.1 Å². The Hall–Kier alpha value is -0.770. The van der Waals surface area contributed by atoms with Crippen molar-refractivity contribution in [3.8, 4) is 0 Å². The van der Waals surface area contributed by atoms with Crippen molar-refractivity contribution in [1.82, 2.24) is 10.2 Å². The summed E-state index contributed by atoms with van der Waals surface area (Å²) in [5, 5.41) is 3.04. The molecule has 0 heterocycles. The molecule has 96 valence electrons. The summed E-state index contributed by atoms with van der Waals surface area (Å²) in [6.07, 6.45) is 0.899. The van der Waals surface area contributed by atoms with Gasteiger partial charge in [0.05, 0.1) is 5.54 Å². The maximum atomic E-state index is 11.9. The standard InChI is InChI=1S/C12H27N3O/c1-6-15(7-2)11(16)14-12(5,9-13)8-10(3)4/h10H,6-9,13H2,1-5H3,(H,14,16). The van der Waals surface area contributed by atoms with Crippen LogP contribution in [0.1, 0.15) is 41.0 Å². The Morgan fingerprint density at radius 1 is 1.38 bits per heavy atom. The SMILES string of the molecule is CCN(CC)C(=O)NC(C)(CN)CC(C)C. The molecule has 0 spiro atoms. The Balaban J connectivity index is 4.46. The molecule has 3 N–H and O–H groups in total. The van der Waals surface area contributed by atoms with E-state index in [4.69, 9.17) is 5.73 Å². The molecule has 0 aliphatic carbocycles. The molecule has 4 nitrogen and oxygen atoms in total. The predicted octanol–water partition coefficient (Wildman–Crippen LogP) is 1.80. The molecule has 0 saturated carbocycles. The van der Waals surface area contributed by atoms with Crippen LogP contribution in [-0.2, 0) is 0 Å². The fourth-order valence-corrected chi connectivity index (χ4v) is 1.93. The Kier molecular flexibility index (Phi) is 6.41. The summed E-state index contributed by atoms with van der Waals surface area (Å²) in [5.74, 6) is 0.519. The molecule has 0 bridgehead atoms. The third-order valence-electron chi connectivity index (χ3n) is 2.77. The van der Waals surface area contributed by atoms with E-state index in [1.807, 2.05) is 20.8 Å².